The van der Waals surface area contributed by atoms with Gasteiger partial charge in [-0.15, -0.1) is 0 Å². The lowest BCUT2D eigenvalue weighted by Crippen LogP contribution is -2.46. The second-order valence-corrected chi connectivity index (χ2v) is 7.72. The van der Waals surface area contributed by atoms with Gasteiger partial charge in [0, 0.05) is 13.1 Å². The van der Waals surface area contributed by atoms with Crippen LogP contribution in [0.4, 0.5) is 0 Å². The van der Waals surface area contributed by atoms with Gasteiger partial charge in [0.05, 0.1) is 0 Å². The first kappa shape index (κ1) is 17.3. The second-order valence-electron chi connectivity index (χ2n) is 7.72. The average molecular weight is 295 g/mol. The van der Waals surface area contributed by atoms with Gasteiger partial charge in [-0.25, -0.2) is 0 Å². The molecule has 2 heteroatoms. The van der Waals surface area contributed by atoms with Gasteiger partial charge in [-0.2, -0.15) is 0 Å². The van der Waals surface area contributed by atoms with Gasteiger partial charge in [0.25, 0.3) is 0 Å². The molecule has 1 unspecified atom stereocenters. The molecule has 21 heavy (non-hydrogen) atoms. The van der Waals surface area contributed by atoms with Crippen molar-refractivity contribution in [1.29, 1.82) is 0 Å². The maximum absolute atomic E-state index is 3.74. The van der Waals surface area contributed by atoms with Crippen LogP contribution in [0.15, 0.2) is 0 Å². The van der Waals surface area contributed by atoms with Crippen molar-refractivity contribution in [3.05, 3.63) is 0 Å². The van der Waals surface area contributed by atoms with Crippen molar-refractivity contribution in [2.75, 3.05) is 32.7 Å². The molecule has 0 spiro atoms. The van der Waals surface area contributed by atoms with E-state index in [9.17, 15) is 0 Å². The minimum Gasteiger partial charge on any atom is -0.316 e. The van der Waals surface area contributed by atoms with E-state index in [0.717, 1.165) is 5.92 Å². The third kappa shape index (κ3) is 5.56. The fraction of sp³-hybridized carbons (Fsp3) is 1.00. The Kier molecular flexibility index (Phi) is 7.53. The lowest BCUT2D eigenvalue weighted by molar-refractivity contribution is 0.104. The molecule has 1 saturated carbocycles. The van der Waals surface area contributed by atoms with Crippen LogP contribution >= 0.6 is 0 Å². The van der Waals surface area contributed by atoms with Gasteiger partial charge in [0.2, 0.25) is 0 Å². The molecule has 1 atom stereocenters. The van der Waals surface area contributed by atoms with Crippen LogP contribution in [0.1, 0.15) is 78.1 Å². The first-order valence-electron chi connectivity index (χ1n) is 9.71. The second kappa shape index (κ2) is 9.15. The van der Waals surface area contributed by atoms with Crippen LogP contribution in [-0.2, 0) is 0 Å². The summed E-state index contributed by atoms with van der Waals surface area (Å²) in [5.41, 5.74) is 0.583. The van der Waals surface area contributed by atoms with Crippen molar-refractivity contribution < 1.29 is 0 Å². The Hall–Kier alpha value is -0.0800. The number of nitrogens with one attached hydrogen (secondary N) is 1. The van der Waals surface area contributed by atoms with E-state index >= 15 is 0 Å². The van der Waals surface area contributed by atoms with Gasteiger partial charge in [-0.3, -0.25) is 0 Å². The van der Waals surface area contributed by atoms with Crippen LogP contribution in [0.2, 0.25) is 0 Å². The predicted octanol–water partition coefficient (Wildman–Crippen LogP) is 4.45. The quantitative estimate of drug-likeness (QED) is 0.698. The minimum atomic E-state index is 0.583. The van der Waals surface area contributed by atoms with Gasteiger partial charge in [-0.1, -0.05) is 39.5 Å². The Morgan fingerprint density at radius 2 is 1.81 bits per heavy atom. The molecule has 0 aromatic carbocycles. The molecule has 0 amide bonds. The van der Waals surface area contributed by atoms with Crippen LogP contribution in [0.5, 0.6) is 0 Å². The largest absolute Gasteiger partial charge is 0.316 e. The standard InChI is InChI=1S/C19H38N2/c1-3-13-20-16-19(11-6-5-7-12-19)17-21-14-8-9-18(4-2)10-15-21/h18,20H,3-17H2,1-2H3. The molecule has 2 nitrogen and oxygen atoms in total. The lowest BCUT2D eigenvalue weighted by atomic mass is 9.73. The zero-order chi connectivity index (χ0) is 15.0. The summed E-state index contributed by atoms with van der Waals surface area (Å²) in [6.07, 6.45) is 14.3. The summed E-state index contributed by atoms with van der Waals surface area (Å²) in [6, 6.07) is 0. The maximum atomic E-state index is 3.74. The Bertz CT molecular complexity index is 271. The van der Waals surface area contributed by atoms with Crippen molar-refractivity contribution >= 4 is 0 Å². The van der Waals surface area contributed by atoms with Crippen LogP contribution in [0.25, 0.3) is 0 Å². The fourth-order valence-electron chi connectivity index (χ4n) is 4.49. The average Bonchev–Trinajstić information content (AvgIpc) is 2.73. The molecule has 0 aromatic heterocycles. The molecule has 0 bridgehead atoms. The van der Waals surface area contributed by atoms with Crippen LogP contribution in [-0.4, -0.2) is 37.6 Å². The first-order valence-corrected chi connectivity index (χ1v) is 9.71. The summed E-state index contributed by atoms with van der Waals surface area (Å²) in [4.78, 5) is 2.81. The molecular formula is C19H38N2. The molecule has 1 N–H and O–H groups in total. The summed E-state index contributed by atoms with van der Waals surface area (Å²) in [6.45, 7) is 11.2. The highest BCUT2D eigenvalue weighted by Gasteiger charge is 2.33. The van der Waals surface area contributed by atoms with Gasteiger partial charge < -0.3 is 10.2 Å². The molecule has 1 heterocycles. The Morgan fingerprint density at radius 3 is 2.52 bits per heavy atom. The molecule has 0 radical (unpaired) electrons. The molecule has 124 valence electrons. The van der Waals surface area contributed by atoms with E-state index in [0.29, 0.717) is 5.41 Å². The molecule has 1 aliphatic carbocycles. The Balaban J connectivity index is 1.87. The maximum Gasteiger partial charge on any atom is 0.00501 e. The van der Waals surface area contributed by atoms with E-state index in [1.165, 1.54) is 96.9 Å². The molecule has 2 aliphatic rings. The van der Waals surface area contributed by atoms with Gasteiger partial charge >= 0.3 is 0 Å². The minimum absolute atomic E-state index is 0.583. The number of likely N-dealkylation sites (tertiary alicyclic amines) is 1. The third-order valence-electron chi connectivity index (χ3n) is 5.92. The third-order valence-corrected chi connectivity index (χ3v) is 5.92. The Morgan fingerprint density at radius 1 is 1.00 bits per heavy atom. The van der Waals surface area contributed by atoms with Crippen molar-refractivity contribution in [2.45, 2.75) is 78.1 Å². The summed E-state index contributed by atoms with van der Waals surface area (Å²) < 4.78 is 0. The van der Waals surface area contributed by atoms with Crippen LogP contribution in [0, 0.1) is 11.3 Å². The molecule has 2 fully saturated rings. The van der Waals surface area contributed by atoms with E-state index in [4.69, 9.17) is 0 Å². The topological polar surface area (TPSA) is 15.3 Å². The first-order chi connectivity index (χ1) is 10.3. The normalized spacial score (nSPS) is 27.4. The van der Waals surface area contributed by atoms with Gasteiger partial charge in [-0.05, 0) is 69.5 Å². The SMILES string of the molecule is CCCNCC1(CN2CCCC(CC)CC2)CCCCC1. The summed E-state index contributed by atoms with van der Waals surface area (Å²) >= 11 is 0. The van der Waals surface area contributed by atoms with Crippen molar-refractivity contribution in [3.63, 3.8) is 0 Å². The molecule has 2 rings (SSSR count). The highest BCUT2D eigenvalue weighted by molar-refractivity contribution is 4.88. The number of hydrogen-bond acceptors (Lipinski definition) is 2. The van der Waals surface area contributed by atoms with Crippen molar-refractivity contribution in [2.24, 2.45) is 11.3 Å². The van der Waals surface area contributed by atoms with E-state index in [1.807, 2.05) is 0 Å². The van der Waals surface area contributed by atoms with E-state index < -0.39 is 0 Å². The summed E-state index contributed by atoms with van der Waals surface area (Å²) in [5, 5.41) is 3.74. The number of nitrogens with zero attached hydrogens (tertiary/aromatic N) is 1. The highest BCUT2D eigenvalue weighted by atomic mass is 15.1. The zero-order valence-corrected chi connectivity index (χ0v) is 14.6. The molecule has 0 aromatic rings. The van der Waals surface area contributed by atoms with Crippen molar-refractivity contribution in [1.82, 2.24) is 10.2 Å². The fourth-order valence-corrected chi connectivity index (χ4v) is 4.49. The predicted molar refractivity (Wildman–Crippen MR) is 92.8 cm³/mol. The summed E-state index contributed by atoms with van der Waals surface area (Å²) in [7, 11) is 0. The monoisotopic (exact) mass is 294 g/mol. The lowest BCUT2D eigenvalue weighted by Gasteiger charge is -2.41. The molecular weight excluding hydrogens is 256 g/mol. The van der Waals surface area contributed by atoms with Crippen molar-refractivity contribution in [3.8, 4) is 0 Å². The number of rotatable bonds is 7. The molecule has 1 saturated heterocycles. The van der Waals surface area contributed by atoms with Gasteiger partial charge in [0.1, 0.15) is 0 Å². The van der Waals surface area contributed by atoms with Crippen LogP contribution < -0.4 is 5.32 Å². The van der Waals surface area contributed by atoms with E-state index in [1.54, 1.807) is 0 Å². The zero-order valence-electron chi connectivity index (χ0n) is 14.6. The summed E-state index contributed by atoms with van der Waals surface area (Å²) in [5.74, 6) is 0.996. The molecule has 1 aliphatic heterocycles. The van der Waals surface area contributed by atoms with Gasteiger partial charge in [0.15, 0.2) is 0 Å². The Labute approximate surface area is 133 Å². The highest BCUT2D eigenvalue weighted by Crippen LogP contribution is 2.37. The smallest absolute Gasteiger partial charge is 0.00501 e. The van der Waals surface area contributed by atoms with E-state index in [2.05, 4.69) is 24.1 Å². The number of hydrogen-bond donors (Lipinski definition) is 1. The van der Waals surface area contributed by atoms with E-state index in [-0.39, 0.29) is 0 Å². The van der Waals surface area contributed by atoms with Crippen LogP contribution in [0.3, 0.4) is 0 Å².